The number of aromatic nitrogens is 2. The first-order chi connectivity index (χ1) is 11.3. The van der Waals surface area contributed by atoms with Gasteiger partial charge in [0.15, 0.2) is 0 Å². The Balaban J connectivity index is 1.82. The molecule has 1 amide bonds. The summed E-state index contributed by atoms with van der Waals surface area (Å²) in [7, 11) is 0. The van der Waals surface area contributed by atoms with Crippen LogP contribution in [0.15, 0.2) is 36.7 Å². The van der Waals surface area contributed by atoms with E-state index in [2.05, 4.69) is 36.5 Å². The lowest BCUT2D eigenvalue weighted by Gasteiger charge is -2.20. The molecule has 3 rings (SSSR count). The highest BCUT2D eigenvalue weighted by Crippen LogP contribution is 2.25. The smallest absolute Gasteiger partial charge is 0.247 e. The number of hydrogen-bond acceptors (Lipinski definition) is 3. The monoisotopic (exact) mass is 330 g/mol. The Morgan fingerprint density at radius 2 is 1.96 bits per heavy atom. The van der Waals surface area contributed by atoms with Gasteiger partial charge in [0, 0.05) is 12.2 Å². The quantitative estimate of drug-likeness (QED) is 0.885. The first kappa shape index (κ1) is 16.5. The van der Waals surface area contributed by atoms with Crippen LogP contribution in [-0.4, -0.2) is 21.7 Å². The summed E-state index contributed by atoms with van der Waals surface area (Å²) in [5, 5.41) is 10.6. The SMILES string of the molecule is CC(C)(C)n1cc(N[C@@H](C(=O)NC2CC2)c2ccc(F)cc2)cn1. The third-order valence-electron chi connectivity index (χ3n) is 3.97. The maximum absolute atomic E-state index is 13.2. The van der Waals surface area contributed by atoms with Crippen LogP contribution in [0.2, 0.25) is 0 Å². The van der Waals surface area contributed by atoms with Crippen molar-refractivity contribution in [3.63, 3.8) is 0 Å². The molecule has 128 valence electrons. The number of anilines is 1. The average Bonchev–Trinajstić information content (AvgIpc) is 3.18. The molecule has 0 unspecified atom stereocenters. The Morgan fingerprint density at radius 3 is 2.50 bits per heavy atom. The zero-order valence-electron chi connectivity index (χ0n) is 14.2. The summed E-state index contributed by atoms with van der Waals surface area (Å²) in [5.74, 6) is -0.423. The molecular weight excluding hydrogens is 307 g/mol. The summed E-state index contributed by atoms with van der Waals surface area (Å²) in [6.07, 6.45) is 5.61. The molecule has 0 radical (unpaired) electrons. The van der Waals surface area contributed by atoms with Gasteiger partial charge in [-0.15, -0.1) is 0 Å². The van der Waals surface area contributed by atoms with E-state index in [1.807, 2.05) is 10.9 Å². The lowest BCUT2D eigenvalue weighted by Crippen LogP contribution is -2.34. The topological polar surface area (TPSA) is 59.0 Å². The zero-order valence-corrected chi connectivity index (χ0v) is 14.2. The lowest BCUT2D eigenvalue weighted by atomic mass is 10.1. The molecule has 1 aromatic carbocycles. The summed E-state index contributed by atoms with van der Waals surface area (Å²) in [6, 6.07) is 5.68. The number of hydrogen-bond donors (Lipinski definition) is 2. The first-order valence-corrected chi connectivity index (χ1v) is 8.20. The number of carbonyl (C=O) groups is 1. The predicted octanol–water partition coefficient (Wildman–Crippen LogP) is 3.21. The van der Waals surface area contributed by atoms with Gasteiger partial charge >= 0.3 is 0 Å². The van der Waals surface area contributed by atoms with Gasteiger partial charge in [-0.05, 0) is 51.3 Å². The van der Waals surface area contributed by atoms with Crippen molar-refractivity contribution in [2.75, 3.05) is 5.32 Å². The van der Waals surface area contributed by atoms with Crippen LogP contribution >= 0.6 is 0 Å². The fourth-order valence-electron chi connectivity index (χ4n) is 2.40. The minimum Gasteiger partial charge on any atom is -0.368 e. The van der Waals surface area contributed by atoms with E-state index in [1.54, 1.807) is 18.3 Å². The highest BCUT2D eigenvalue weighted by atomic mass is 19.1. The van der Waals surface area contributed by atoms with Gasteiger partial charge in [-0.3, -0.25) is 9.48 Å². The lowest BCUT2D eigenvalue weighted by molar-refractivity contribution is -0.122. The van der Waals surface area contributed by atoms with Gasteiger partial charge in [-0.1, -0.05) is 12.1 Å². The number of nitrogens with zero attached hydrogens (tertiary/aromatic N) is 2. The van der Waals surface area contributed by atoms with Gasteiger partial charge in [-0.2, -0.15) is 5.10 Å². The molecule has 6 heteroatoms. The Labute approximate surface area is 141 Å². The highest BCUT2D eigenvalue weighted by Gasteiger charge is 2.29. The van der Waals surface area contributed by atoms with Crippen molar-refractivity contribution in [2.24, 2.45) is 0 Å². The van der Waals surface area contributed by atoms with E-state index in [4.69, 9.17) is 0 Å². The Morgan fingerprint density at radius 1 is 1.29 bits per heavy atom. The fourth-order valence-corrected chi connectivity index (χ4v) is 2.40. The summed E-state index contributed by atoms with van der Waals surface area (Å²) >= 11 is 0. The Bertz CT molecular complexity index is 713. The second-order valence-corrected chi connectivity index (χ2v) is 7.26. The Hall–Kier alpha value is -2.37. The van der Waals surface area contributed by atoms with Crippen molar-refractivity contribution in [1.29, 1.82) is 0 Å². The van der Waals surface area contributed by atoms with Crippen LogP contribution in [0.5, 0.6) is 0 Å². The first-order valence-electron chi connectivity index (χ1n) is 8.20. The van der Waals surface area contributed by atoms with Gasteiger partial charge < -0.3 is 10.6 Å². The third-order valence-corrected chi connectivity index (χ3v) is 3.97. The van der Waals surface area contributed by atoms with E-state index in [0.717, 1.165) is 24.1 Å². The number of nitrogens with one attached hydrogen (secondary N) is 2. The molecule has 24 heavy (non-hydrogen) atoms. The average molecular weight is 330 g/mol. The van der Waals surface area contributed by atoms with E-state index < -0.39 is 6.04 Å². The predicted molar refractivity (Wildman–Crippen MR) is 91.2 cm³/mol. The molecule has 0 saturated heterocycles. The summed E-state index contributed by atoms with van der Waals surface area (Å²) in [6.45, 7) is 6.17. The van der Waals surface area contributed by atoms with Gasteiger partial charge in [0.2, 0.25) is 5.91 Å². The molecule has 1 heterocycles. The molecule has 0 bridgehead atoms. The molecule has 2 N–H and O–H groups in total. The van der Waals surface area contributed by atoms with Gasteiger partial charge in [0.05, 0.1) is 17.4 Å². The maximum Gasteiger partial charge on any atom is 0.247 e. The van der Waals surface area contributed by atoms with Crippen LogP contribution in [0.3, 0.4) is 0 Å². The van der Waals surface area contributed by atoms with E-state index in [9.17, 15) is 9.18 Å². The van der Waals surface area contributed by atoms with Crippen molar-refractivity contribution in [3.8, 4) is 0 Å². The highest BCUT2D eigenvalue weighted by molar-refractivity contribution is 5.86. The normalized spacial score (nSPS) is 15.8. The molecular formula is C18H23FN4O. The van der Waals surface area contributed by atoms with E-state index in [0.29, 0.717) is 0 Å². The van der Waals surface area contributed by atoms with Crippen LogP contribution in [-0.2, 0) is 10.3 Å². The second-order valence-electron chi connectivity index (χ2n) is 7.26. The number of rotatable bonds is 5. The molecule has 5 nitrogen and oxygen atoms in total. The van der Waals surface area contributed by atoms with Gasteiger partial charge in [0.1, 0.15) is 11.9 Å². The van der Waals surface area contributed by atoms with Crippen LogP contribution in [0.4, 0.5) is 10.1 Å². The van der Waals surface area contributed by atoms with Crippen LogP contribution in [0.1, 0.15) is 45.2 Å². The van der Waals surface area contributed by atoms with Crippen LogP contribution in [0.25, 0.3) is 0 Å². The summed E-state index contributed by atoms with van der Waals surface area (Å²) in [5.41, 5.74) is 1.34. The van der Waals surface area contributed by atoms with Gasteiger partial charge in [0.25, 0.3) is 0 Å². The van der Waals surface area contributed by atoms with Crippen LogP contribution in [0, 0.1) is 5.82 Å². The summed E-state index contributed by atoms with van der Waals surface area (Å²) < 4.78 is 15.0. The number of halogens is 1. The van der Waals surface area contributed by atoms with E-state index >= 15 is 0 Å². The minimum atomic E-state index is -0.580. The molecule has 1 aliphatic carbocycles. The molecule has 1 aromatic heterocycles. The van der Waals surface area contributed by atoms with E-state index in [1.165, 1.54) is 12.1 Å². The number of amides is 1. The van der Waals surface area contributed by atoms with Gasteiger partial charge in [-0.25, -0.2) is 4.39 Å². The second kappa shape index (κ2) is 6.26. The van der Waals surface area contributed by atoms with E-state index in [-0.39, 0.29) is 23.3 Å². The third kappa shape index (κ3) is 3.93. The fraction of sp³-hybridized carbons (Fsp3) is 0.444. The molecule has 1 saturated carbocycles. The molecule has 0 aliphatic heterocycles. The van der Waals surface area contributed by atoms with Crippen molar-refractivity contribution in [3.05, 3.63) is 48.0 Å². The number of benzene rings is 1. The zero-order chi connectivity index (χ0) is 17.3. The standard InChI is InChI=1S/C18H23FN4O/c1-18(2,3)23-11-15(10-20-23)21-16(17(24)22-14-8-9-14)12-4-6-13(19)7-5-12/h4-7,10-11,14,16,21H,8-9H2,1-3H3,(H,22,24)/t16-/m1/s1. The minimum absolute atomic E-state index is 0.104. The largest absolute Gasteiger partial charge is 0.368 e. The maximum atomic E-state index is 13.2. The van der Waals surface area contributed by atoms with Crippen LogP contribution < -0.4 is 10.6 Å². The van der Waals surface area contributed by atoms with Crippen molar-refractivity contribution in [1.82, 2.24) is 15.1 Å². The molecule has 1 fully saturated rings. The Kier molecular flexibility index (Phi) is 4.30. The molecule has 0 spiro atoms. The molecule has 1 aliphatic rings. The van der Waals surface area contributed by atoms with Crippen molar-refractivity contribution >= 4 is 11.6 Å². The van der Waals surface area contributed by atoms with Crippen molar-refractivity contribution < 1.29 is 9.18 Å². The number of carbonyl (C=O) groups excluding carboxylic acids is 1. The summed E-state index contributed by atoms with van der Waals surface area (Å²) in [4.78, 5) is 12.6. The molecule has 1 atom stereocenters. The molecule has 2 aromatic rings. The van der Waals surface area contributed by atoms with Crippen molar-refractivity contribution in [2.45, 2.75) is 51.2 Å².